The molecule has 1 atom stereocenters. The van der Waals surface area contributed by atoms with Crippen LogP contribution in [-0.4, -0.2) is 41.5 Å². The number of β-lactam (4-membered cyclic amide) rings is 1. The summed E-state index contributed by atoms with van der Waals surface area (Å²) in [6, 6.07) is 9.18. The number of likely N-dealkylation sites (tertiary alicyclic amines) is 1. The van der Waals surface area contributed by atoms with E-state index >= 15 is 0 Å². The van der Waals surface area contributed by atoms with E-state index in [0.29, 0.717) is 0 Å². The molecule has 0 bridgehead atoms. The van der Waals surface area contributed by atoms with Crippen LogP contribution in [0.2, 0.25) is 0 Å². The molecule has 1 aliphatic rings. The van der Waals surface area contributed by atoms with Gasteiger partial charge < -0.3 is 14.4 Å². The van der Waals surface area contributed by atoms with Gasteiger partial charge in [-0.1, -0.05) is 37.3 Å². The molecule has 1 saturated heterocycles. The third kappa shape index (κ3) is 2.69. The number of ether oxygens (including phenoxy) is 2. The van der Waals surface area contributed by atoms with Gasteiger partial charge in [0, 0.05) is 6.54 Å². The smallest absolute Gasteiger partial charge is 0.344 e. The number of amides is 1. The van der Waals surface area contributed by atoms with Crippen LogP contribution in [0.1, 0.15) is 26.3 Å². The molecule has 1 heterocycles. The summed E-state index contributed by atoms with van der Waals surface area (Å²) in [5, 5.41) is 0. The summed E-state index contributed by atoms with van der Waals surface area (Å²) in [6.07, 6.45) is 0. The van der Waals surface area contributed by atoms with Gasteiger partial charge in [0.1, 0.15) is 0 Å². The number of carbonyl (C=O) groups excluding carboxylic acids is 3. The van der Waals surface area contributed by atoms with Gasteiger partial charge >= 0.3 is 11.9 Å². The first-order chi connectivity index (χ1) is 11.0. The lowest BCUT2D eigenvalue weighted by Gasteiger charge is -2.51. The summed E-state index contributed by atoms with van der Waals surface area (Å²) >= 11 is 0. The molecular formula is C17H21NO5. The van der Waals surface area contributed by atoms with E-state index in [1.54, 1.807) is 20.8 Å². The van der Waals surface area contributed by atoms with E-state index in [1.807, 2.05) is 30.3 Å². The van der Waals surface area contributed by atoms with Gasteiger partial charge in [-0.2, -0.15) is 0 Å². The molecule has 1 amide bonds. The minimum Gasteiger partial charge on any atom is -0.464 e. The summed E-state index contributed by atoms with van der Waals surface area (Å²) in [5.41, 5.74) is -0.871. The highest BCUT2D eigenvalue weighted by Crippen LogP contribution is 2.41. The maximum absolute atomic E-state index is 12.5. The number of esters is 2. The molecule has 0 saturated carbocycles. The maximum Gasteiger partial charge on any atom is 0.344 e. The zero-order valence-electron chi connectivity index (χ0n) is 13.6. The van der Waals surface area contributed by atoms with E-state index in [4.69, 9.17) is 9.47 Å². The van der Waals surface area contributed by atoms with Crippen LogP contribution >= 0.6 is 0 Å². The number of rotatable bonds is 6. The minimum absolute atomic E-state index is 0.125. The second-order valence-electron chi connectivity index (χ2n) is 5.34. The van der Waals surface area contributed by atoms with Gasteiger partial charge in [-0.25, -0.2) is 9.59 Å². The van der Waals surface area contributed by atoms with Crippen LogP contribution in [0.4, 0.5) is 0 Å². The SMILES string of the molecule is CCOC(=O)C1(C(=O)OCC)C(C)C(=O)N1Cc1ccccc1. The summed E-state index contributed by atoms with van der Waals surface area (Å²) in [5.74, 6) is -2.54. The Morgan fingerprint density at radius 3 is 2.09 bits per heavy atom. The Bertz CT molecular complexity index is 580. The molecule has 0 radical (unpaired) electrons. The molecule has 1 aliphatic heterocycles. The van der Waals surface area contributed by atoms with E-state index < -0.39 is 23.4 Å². The van der Waals surface area contributed by atoms with E-state index in [0.717, 1.165) is 5.56 Å². The van der Waals surface area contributed by atoms with Crippen molar-refractivity contribution in [1.29, 1.82) is 0 Å². The van der Waals surface area contributed by atoms with Crippen molar-refractivity contribution in [3.63, 3.8) is 0 Å². The van der Waals surface area contributed by atoms with Crippen LogP contribution in [0.15, 0.2) is 30.3 Å². The van der Waals surface area contributed by atoms with Crippen molar-refractivity contribution in [3.05, 3.63) is 35.9 Å². The van der Waals surface area contributed by atoms with Gasteiger partial charge in [-0.15, -0.1) is 0 Å². The van der Waals surface area contributed by atoms with E-state index in [1.165, 1.54) is 4.90 Å². The molecule has 1 aromatic carbocycles. The zero-order valence-corrected chi connectivity index (χ0v) is 13.6. The Morgan fingerprint density at radius 1 is 1.09 bits per heavy atom. The second kappa shape index (κ2) is 6.81. The zero-order chi connectivity index (χ0) is 17.0. The topological polar surface area (TPSA) is 72.9 Å². The van der Waals surface area contributed by atoms with Crippen LogP contribution in [0.3, 0.4) is 0 Å². The van der Waals surface area contributed by atoms with Crippen molar-refractivity contribution in [1.82, 2.24) is 4.90 Å². The van der Waals surface area contributed by atoms with Gasteiger partial charge in [0.25, 0.3) is 0 Å². The van der Waals surface area contributed by atoms with Gasteiger partial charge in [0.15, 0.2) is 0 Å². The molecule has 0 N–H and O–H groups in total. The molecule has 23 heavy (non-hydrogen) atoms. The molecule has 1 fully saturated rings. The fraction of sp³-hybridized carbons (Fsp3) is 0.471. The summed E-state index contributed by atoms with van der Waals surface area (Å²) in [4.78, 5) is 38.6. The van der Waals surface area contributed by atoms with Crippen LogP contribution < -0.4 is 0 Å². The minimum atomic E-state index is -1.70. The summed E-state index contributed by atoms with van der Waals surface area (Å²) < 4.78 is 10.1. The molecule has 2 rings (SSSR count). The van der Waals surface area contributed by atoms with Crippen molar-refractivity contribution < 1.29 is 23.9 Å². The molecule has 0 aliphatic carbocycles. The lowest BCUT2D eigenvalue weighted by molar-refractivity contribution is -0.203. The van der Waals surface area contributed by atoms with Crippen molar-refractivity contribution in [2.24, 2.45) is 5.92 Å². The van der Waals surface area contributed by atoms with Gasteiger partial charge in [0.05, 0.1) is 19.1 Å². The van der Waals surface area contributed by atoms with Crippen molar-refractivity contribution in [3.8, 4) is 0 Å². The predicted molar refractivity (Wildman–Crippen MR) is 82.2 cm³/mol. The Kier molecular flexibility index (Phi) is 5.03. The van der Waals surface area contributed by atoms with Crippen LogP contribution in [0, 0.1) is 5.92 Å². The van der Waals surface area contributed by atoms with Gasteiger partial charge in [-0.3, -0.25) is 4.79 Å². The highest BCUT2D eigenvalue weighted by atomic mass is 16.6. The molecule has 0 aromatic heterocycles. The first-order valence-electron chi connectivity index (χ1n) is 7.69. The maximum atomic E-state index is 12.5. The van der Waals surface area contributed by atoms with Crippen molar-refractivity contribution in [2.45, 2.75) is 32.9 Å². The van der Waals surface area contributed by atoms with Crippen molar-refractivity contribution >= 4 is 17.8 Å². The third-order valence-electron chi connectivity index (χ3n) is 4.05. The fourth-order valence-corrected chi connectivity index (χ4v) is 2.86. The summed E-state index contributed by atoms with van der Waals surface area (Å²) in [6.45, 7) is 5.27. The number of hydrogen-bond acceptors (Lipinski definition) is 5. The quantitative estimate of drug-likeness (QED) is 0.452. The lowest BCUT2D eigenvalue weighted by Crippen LogP contribution is -2.77. The van der Waals surface area contributed by atoms with Gasteiger partial charge in [-0.05, 0) is 19.4 Å². The molecule has 1 aromatic rings. The monoisotopic (exact) mass is 319 g/mol. The Balaban J connectivity index is 2.38. The molecule has 6 nitrogen and oxygen atoms in total. The van der Waals surface area contributed by atoms with Crippen molar-refractivity contribution in [2.75, 3.05) is 13.2 Å². The van der Waals surface area contributed by atoms with E-state index in [2.05, 4.69) is 0 Å². The number of carbonyl (C=O) groups is 3. The normalized spacial score (nSPS) is 19.0. The Morgan fingerprint density at radius 2 is 1.61 bits per heavy atom. The average molecular weight is 319 g/mol. The molecule has 124 valence electrons. The van der Waals surface area contributed by atoms with Gasteiger partial charge in [0.2, 0.25) is 11.4 Å². The number of nitrogens with zero attached hydrogens (tertiary/aromatic N) is 1. The highest BCUT2D eigenvalue weighted by Gasteiger charge is 2.69. The molecule has 6 heteroatoms. The van der Waals surface area contributed by atoms with Crippen LogP contribution in [0.25, 0.3) is 0 Å². The first kappa shape index (κ1) is 17.0. The number of hydrogen-bond donors (Lipinski definition) is 0. The predicted octanol–water partition coefficient (Wildman–Crippen LogP) is 1.53. The molecule has 0 spiro atoms. The van der Waals surface area contributed by atoms with Crippen LogP contribution in [0.5, 0.6) is 0 Å². The average Bonchev–Trinajstić information content (AvgIpc) is 2.55. The Labute approximate surface area is 135 Å². The number of benzene rings is 1. The first-order valence-corrected chi connectivity index (χ1v) is 7.69. The molecular weight excluding hydrogens is 298 g/mol. The fourth-order valence-electron chi connectivity index (χ4n) is 2.86. The Hall–Kier alpha value is -2.37. The highest BCUT2D eigenvalue weighted by molar-refractivity contribution is 6.16. The molecule has 1 unspecified atom stereocenters. The lowest BCUT2D eigenvalue weighted by atomic mass is 9.73. The summed E-state index contributed by atoms with van der Waals surface area (Å²) in [7, 11) is 0. The van der Waals surface area contributed by atoms with Crippen LogP contribution in [-0.2, 0) is 30.4 Å². The largest absolute Gasteiger partial charge is 0.464 e. The third-order valence-corrected chi connectivity index (χ3v) is 4.05. The second-order valence-corrected chi connectivity index (χ2v) is 5.34. The standard InChI is InChI=1S/C17H21NO5/c1-4-22-15(20)17(16(21)23-5-2)12(3)14(19)18(17)11-13-9-7-6-8-10-13/h6-10,12H,4-5,11H2,1-3H3. The van der Waals surface area contributed by atoms with E-state index in [9.17, 15) is 14.4 Å². The van der Waals surface area contributed by atoms with E-state index in [-0.39, 0.29) is 25.7 Å².